The molecule has 1 amide bonds. The van der Waals surface area contributed by atoms with Gasteiger partial charge in [-0.05, 0) is 30.5 Å². The van der Waals surface area contributed by atoms with Gasteiger partial charge in [0.2, 0.25) is 0 Å². The number of methoxy groups -OCH3 is 2. The minimum absolute atomic E-state index is 0.251. The first kappa shape index (κ1) is 17.5. The Morgan fingerprint density at radius 2 is 1.95 bits per heavy atom. The van der Waals surface area contributed by atoms with Crippen molar-refractivity contribution in [1.29, 1.82) is 0 Å². The highest BCUT2D eigenvalue weighted by Crippen LogP contribution is 2.23. The minimum Gasteiger partial charge on any atom is -0.496 e. The zero-order valence-electron chi connectivity index (χ0n) is 12.6. The number of esters is 1. The van der Waals surface area contributed by atoms with E-state index in [-0.39, 0.29) is 11.8 Å². The summed E-state index contributed by atoms with van der Waals surface area (Å²) in [5.41, 5.74) is 0.373. The fourth-order valence-electron chi connectivity index (χ4n) is 1.92. The van der Waals surface area contributed by atoms with Crippen LogP contribution in [0.2, 0.25) is 0 Å². The molecule has 1 atom stereocenters. The average Bonchev–Trinajstić information content (AvgIpc) is 2.44. The van der Waals surface area contributed by atoms with Crippen LogP contribution in [0.25, 0.3) is 0 Å². The molecule has 0 spiro atoms. The number of amides is 1. The number of ether oxygens (including phenoxy) is 2. The summed E-state index contributed by atoms with van der Waals surface area (Å²) in [5, 5.41) is 2.70. The molecule has 0 saturated heterocycles. The van der Waals surface area contributed by atoms with Crippen molar-refractivity contribution in [1.82, 2.24) is 5.32 Å². The predicted octanol–water partition coefficient (Wildman–Crippen LogP) is 2.78. The Bertz CT molecular complexity index is 516. The molecule has 5 nitrogen and oxygen atoms in total. The number of carbonyl (C=O) groups excluding carboxylic acids is 2. The van der Waals surface area contributed by atoms with Crippen LogP contribution in [0.15, 0.2) is 22.7 Å². The van der Waals surface area contributed by atoms with Gasteiger partial charge in [0.05, 0.1) is 19.8 Å². The molecule has 0 aliphatic heterocycles. The number of halogens is 1. The molecule has 1 aromatic rings. The fraction of sp³-hybridized carbons (Fsp3) is 0.467. The van der Waals surface area contributed by atoms with Gasteiger partial charge in [-0.25, -0.2) is 4.79 Å². The first-order valence-electron chi connectivity index (χ1n) is 6.61. The SMILES string of the molecule is COC(=O)C(CC(C)C)NC(=O)c1ccc(Br)cc1OC. The maximum absolute atomic E-state index is 12.3. The number of benzene rings is 1. The lowest BCUT2D eigenvalue weighted by atomic mass is 10.0. The molecule has 0 fully saturated rings. The fourth-order valence-corrected chi connectivity index (χ4v) is 2.26. The van der Waals surface area contributed by atoms with Gasteiger partial charge in [0.15, 0.2) is 0 Å². The molecule has 1 unspecified atom stereocenters. The van der Waals surface area contributed by atoms with Crippen molar-refractivity contribution in [3.8, 4) is 5.75 Å². The van der Waals surface area contributed by atoms with Crippen LogP contribution in [0, 0.1) is 5.92 Å². The van der Waals surface area contributed by atoms with E-state index in [1.54, 1.807) is 18.2 Å². The first-order chi connectivity index (χ1) is 9.88. The molecule has 1 aromatic carbocycles. The van der Waals surface area contributed by atoms with Crippen LogP contribution in [0.5, 0.6) is 5.75 Å². The quantitative estimate of drug-likeness (QED) is 0.795. The molecule has 21 heavy (non-hydrogen) atoms. The van der Waals surface area contributed by atoms with E-state index < -0.39 is 12.0 Å². The molecule has 0 aliphatic rings. The Labute approximate surface area is 133 Å². The monoisotopic (exact) mass is 357 g/mol. The molecule has 6 heteroatoms. The first-order valence-corrected chi connectivity index (χ1v) is 7.40. The smallest absolute Gasteiger partial charge is 0.328 e. The lowest BCUT2D eigenvalue weighted by Gasteiger charge is -2.19. The molecular weight excluding hydrogens is 338 g/mol. The van der Waals surface area contributed by atoms with E-state index in [9.17, 15) is 9.59 Å². The second-order valence-electron chi connectivity index (χ2n) is 5.02. The largest absolute Gasteiger partial charge is 0.496 e. The Balaban J connectivity index is 2.93. The van der Waals surface area contributed by atoms with Crippen LogP contribution in [0.4, 0.5) is 0 Å². The number of rotatable bonds is 6. The Morgan fingerprint density at radius 3 is 2.48 bits per heavy atom. The predicted molar refractivity (Wildman–Crippen MR) is 83.4 cm³/mol. The highest BCUT2D eigenvalue weighted by molar-refractivity contribution is 9.10. The summed E-state index contributed by atoms with van der Waals surface area (Å²) in [6.07, 6.45) is 0.511. The van der Waals surface area contributed by atoms with Crippen LogP contribution in [0.1, 0.15) is 30.6 Å². The average molecular weight is 358 g/mol. The van der Waals surface area contributed by atoms with Gasteiger partial charge < -0.3 is 14.8 Å². The third-order valence-corrected chi connectivity index (χ3v) is 3.40. The molecule has 1 rings (SSSR count). The second kappa shape index (κ2) is 8.02. The van der Waals surface area contributed by atoms with Crippen molar-refractivity contribution in [3.63, 3.8) is 0 Å². The molecule has 0 aromatic heterocycles. The molecule has 1 N–H and O–H groups in total. The lowest BCUT2D eigenvalue weighted by Crippen LogP contribution is -2.42. The summed E-state index contributed by atoms with van der Waals surface area (Å²) < 4.78 is 10.7. The van der Waals surface area contributed by atoms with Crippen molar-refractivity contribution >= 4 is 27.8 Å². The van der Waals surface area contributed by atoms with Gasteiger partial charge in [0.25, 0.3) is 5.91 Å². The van der Waals surface area contributed by atoms with Gasteiger partial charge in [-0.3, -0.25) is 4.79 Å². The summed E-state index contributed by atoms with van der Waals surface area (Å²) >= 11 is 3.32. The molecule has 0 aliphatic carbocycles. The summed E-state index contributed by atoms with van der Waals surface area (Å²) in [6.45, 7) is 3.95. The summed E-state index contributed by atoms with van der Waals surface area (Å²) in [7, 11) is 2.80. The number of hydrogen-bond donors (Lipinski definition) is 1. The Kier molecular flexibility index (Phi) is 6.68. The highest BCUT2D eigenvalue weighted by atomic mass is 79.9. The maximum atomic E-state index is 12.3. The maximum Gasteiger partial charge on any atom is 0.328 e. The normalized spacial score (nSPS) is 11.9. The summed E-state index contributed by atoms with van der Waals surface area (Å²) in [4.78, 5) is 24.1. The van der Waals surface area contributed by atoms with Crippen LogP contribution in [0.3, 0.4) is 0 Å². The van der Waals surface area contributed by atoms with Gasteiger partial charge in [-0.2, -0.15) is 0 Å². The second-order valence-corrected chi connectivity index (χ2v) is 5.94. The lowest BCUT2D eigenvalue weighted by molar-refractivity contribution is -0.143. The molecule has 0 bridgehead atoms. The third-order valence-electron chi connectivity index (χ3n) is 2.91. The van der Waals surface area contributed by atoms with Crippen molar-refractivity contribution in [2.75, 3.05) is 14.2 Å². The topological polar surface area (TPSA) is 64.6 Å². The summed E-state index contributed by atoms with van der Waals surface area (Å²) in [5.74, 6) is -0.125. The molecule has 0 radical (unpaired) electrons. The van der Waals surface area contributed by atoms with E-state index in [1.807, 2.05) is 13.8 Å². The zero-order chi connectivity index (χ0) is 16.0. The molecule has 116 valence electrons. The van der Waals surface area contributed by atoms with Crippen LogP contribution >= 0.6 is 15.9 Å². The minimum atomic E-state index is -0.671. The molecular formula is C15H20BrNO4. The van der Waals surface area contributed by atoms with Crippen molar-refractivity contribution in [3.05, 3.63) is 28.2 Å². The van der Waals surface area contributed by atoms with Gasteiger partial charge in [0, 0.05) is 4.47 Å². The van der Waals surface area contributed by atoms with Crippen LogP contribution in [-0.4, -0.2) is 32.1 Å². The van der Waals surface area contributed by atoms with Crippen molar-refractivity contribution < 1.29 is 19.1 Å². The Hall–Kier alpha value is -1.56. The van der Waals surface area contributed by atoms with Gasteiger partial charge in [-0.1, -0.05) is 29.8 Å². The third kappa shape index (κ3) is 5.04. The highest BCUT2D eigenvalue weighted by Gasteiger charge is 2.24. The van der Waals surface area contributed by atoms with E-state index in [4.69, 9.17) is 9.47 Å². The van der Waals surface area contributed by atoms with E-state index >= 15 is 0 Å². The van der Waals surface area contributed by atoms with Crippen molar-refractivity contribution in [2.24, 2.45) is 5.92 Å². The van der Waals surface area contributed by atoms with Gasteiger partial charge >= 0.3 is 5.97 Å². The molecule has 0 saturated carbocycles. The zero-order valence-corrected chi connectivity index (χ0v) is 14.2. The number of hydrogen-bond acceptors (Lipinski definition) is 4. The number of nitrogens with one attached hydrogen (secondary N) is 1. The van der Waals surface area contributed by atoms with E-state index in [1.165, 1.54) is 14.2 Å². The summed E-state index contributed by atoms with van der Waals surface area (Å²) in [6, 6.07) is 4.41. The van der Waals surface area contributed by atoms with E-state index in [0.29, 0.717) is 17.7 Å². The van der Waals surface area contributed by atoms with E-state index in [0.717, 1.165) is 4.47 Å². The molecule has 0 heterocycles. The van der Waals surface area contributed by atoms with Crippen molar-refractivity contribution in [2.45, 2.75) is 26.3 Å². The van der Waals surface area contributed by atoms with Crippen LogP contribution < -0.4 is 10.1 Å². The van der Waals surface area contributed by atoms with Crippen LogP contribution in [-0.2, 0) is 9.53 Å². The van der Waals surface area contributed by atoms with Gasteiger partial charge in [-0.15, -0.1) is 0 Å². The van der Waals surface area contributed by atoms with Gasteiger partial charge in [0.1, 0.15) is 11.8 Å². The number of carbonyl (C=O) groups is 2. The Morgan fingerprint density at radius 1 is 1.29 bits per heavy atom. The van der Waals surface area contributed by atoms with E-state index in [2.05, 4.69) is 21.2 Å². The standard InChI is InChI=1S/C15H20BrNO4/c1-9(2)7-12(15(19)21-4)17-14(18)11-6-5-10(16)8-13(11)20-3/h5-6,8-9,12H,7H2,1-4H3,(H,17,18).